The van der Waals surface area contributed by atoms with Crippen LogP contribution in [0.2, 0.25) is 0 Å². The Kier molecular flexibility index (Phi) is 5.24. The molecule has 1 aliphatic heterocycles. The molecule has 1 atom stereocenters. The first kappa shape index (κ1) is 19.8. The van der Waals surface area contributed by atoms with E-state index in [1.807, 2.05) is 18.3 Å². The van der Waals surface area contributed by atoms with E-state index in [9.17, 15) is 4.79 Å². The maximum absolute atomic E-state index is 11.8. The van der Waals surface area contributed by atoms with Gasteiger partial charge in [0.15, 0.2) is 0 Å². The Morgan fingerprint density at radius 2 is 1.90 bits per heavy atom. The number of aromatic nitrogens is 2. The molecule has 1 unspecified atom stereocenters. The number of carbonyl (C=O) groups excluding carboxylic acids is 1. The number of carbonyl (C=O) groups is 1. The molecule has 2 aliphatic rings. The van der Waals surface area contributed by atoms with Gasteiger partial charge in [0, 0.05) is 42.6 Å². The normalized spacial score (nSPS) is 18.2. The molecule has 1 fully saturated rings. The van der Waals surface area contributed by atoms with Crippen molar-refractivity contribution < 1.29 is 4.79 Å². The van der Waals surface area contributed by atoms with Crippen LogP contribution >= 0.6 is 0 Å². The second kappa shape index (κ2) is 8.19. The number of fused-ring (bicyclic) bond motifs is 1. The van der Waals surface area contributed by atoms with Crippen molar-refractivity contribution in [3.05, 3.63) is 76.6 Å². The van der Waals surface area contributed by atoms with Crippen molar-refractivity contribution in [3.63, 3.8) is 0 Å². The first-order chi connectivity index (χ1) is 15.1. The van der Waals surface area contributed by atoms with E-state index in [0.29, 0.717) is 12.6 Å². The van der Waals surface area contributed by atoms with Crippen LogP contribution in [0, 0.1) is 13.8 Å². The molecule has 0 bridgehead atoms. The summed E-state index contributed by atoms with van der Waals surface area (Å²) in [7, 11) is 0. The van der Waals surface area contributed by atoms with E-state index in [-0.39, 0.29) is 6.03 Å². The summed E-state index contributed by atoms with van der Waals surface area (Å²) in [6.45, 7) is 6.53. The molecule has 160 valence electrons. The molecule has 2 heterocycles. The van der Waals surface area contributed by atoms with Crippen molar-refractivity contribution in [1.82, 2.24) is 20.4 Å². The topological polar surface area (TPSA) is 62.2 Å². The van der Waals surface area contributed by atoms with Gasteiger partial charge in [-0.1, -0.05) is 18.2 Å². The molecular formula is C25H29N5O. The number of amides is 2. The number of benzene rings is 2. The average Bonchev–Trinajstić information content (AvgIpc) is 3.41. The van der Waals surface area contributed by atoms with Crippen LogP contribution in [0.4, 0.5) is 10.5 Å². The summed E-state index contributed by atoms with van der Waals surface area (Å²) in [6.07, 6.45) is 5.38. The highest BCUT2D eigenvalue weighted by atomic mass is 16.2. The summed E-state index contributed by atoms with van der Waals surface area (Å²) < 4.78 is 2.12. The lowest BCUT2D eigenvalue weighted by Crippen LogP contribution is -2.27. The zero-order chi connectivity index (χ0) is 21.4. The number of hydrogen-bond acceptors (Lipinski definition) is 3. The molecule has 3 aromatic rings. The largest absolute Gasteiger partial charge is 0.336 e. The third kappa shape index (κ3) is 3.83. The zero-order valence-electron chi connectivity index (χ0n) is 18.2. The summed E-state index contributed by atoms with van der Waals surface area (Å²) in [5.74, 6) is 0. The number of nitrogens with zero attached hydrogens (tertiary/aromatic N) is 3. The Labute approximate surface area is 183 Å². The lowest BCUT2D eigenvalue weighted by atomic mass is 9.92. The second-order valence-electron chi connectivity index (χ2n) is 8.60. The number of urea groups is 1. The minimum Gasteiger partial charge on any atom is -0.336 e. The fourth-order valence-corrected chi connectivity index (χ4v) is 4.60. The van der Waals surface area contributed by atoms with Crippen molar-refractivity contribution in [2.24, 2.45) is 0 Å². The van der Waals surface area contributed by atoms with Gasteiger partial charge in [0.05, 0.1) is 11.9 Å². The van der Waals surface area contributed by atoms with Crippen LogP contribution in [0.1, 0.15) is 46.8 Å². The Bertz CT molecular complexity index is 1100. The van der Waals surface area contributed by atoms with Gasteiger partial charge in [-0.2, -0.15) is 5.10 Å². The van der Waals surface area contributed by atoms with E-state index in [4.69, 9.17) is 5.10 Å². The molecule has 0 saturated carbocycles. The number of aryl methyl sites for hydroxylation is 2. The van der Waals surface area contributed by atoms with Gasteiger partial charge in [0.1, 0.15) is 0 Å². The quantitative estimate of drug-likeness (QED) is 0.657. The molecule has 1 aromatic heterocycles. The number of rotatable bonds is 5. The van der Waals surface area contributed by atoms with Crippen molar-refractivity contribution in [3.8, 4) is 5.69 Å². The van der Waals surface area contributed by atoms with Crippen LogP contribution in [0.25, 0.3) is 5.69 Å². The van der Waals surface area contributed by atoms with E-state index in [2.05, 4.69) is 59.5 Å². The van der Waals surface area contributed by atoms with E-state index in [1.165, 1.54) is 27.9 Å². The molecule has 31 heavy (non-hydrogen) atoms. The van der Waals surface area contributed by atoms with Crippen molar-refractivity contribution in [2.75, 3.05) is 18.0 Å². The van der Waals surface area contributed by atoms with Gasteiger partial charge in [-0.05, 0) is 74.1 Å². The Balaban J connectivity index is 1.29. The lowest BCUT2D eigenvalue weighted by Gasteiger charge is -2.24. The monoisotopic (exact) mass is 415 g/mol. The lowest BCUT2D eigenvalue weighted by molar-refractivity contribution is 0.252. The Morgan fingerprint density at radius 1 is 1.10 bits per heavy atom. The smallest absolute Gasteiger partial charge is 0.321 e. The first-order valence-electron chi connectivity index (χ1n) is 11.1. The van der Waals surface area contributed by atoms with E-state index < -0.39 is 0 Å². The molecule has 2 N–H and O–H groups in total. The van der Waals surface area contributed by atoms with Gasteiger partial charge < -0.3 is 10.6 Å². The van der Waals surface area contributed by atoms with Gasteiger partial charge in [-0.15, -0.1) is 0 Å². The van der Waals surface area contributed by atoms with Crippen molar-refractivity contribution in [1.29, 1.82) is 0 Å². The fraction of sp³-hybridized carbons (Fsp3) is 0.360. The van der Waals surface area contributed by atoms with Crippen LogP contribution < -0.4 is 15.5 Å². The Hall–Kier alpha value is -3.12. The minimum absolute atomic E-state index is 0.0126. The van der Waals surface area contributed by atoms with E-state index in [1.54, 1.807) is 4.90 Å². The van der Waals surface area contributed by atoms with Crippen LogP contribution in [0.15, 0.2) is 48.7 Å². The molecule has 0 radical (unpaired) electrons. The van der Waals surface area contributed by atoms with Crippen LogP contribution in [0.5, 0.6) is 0 Å². The van der Waals surface area contributed by atoms with Crippen LogP contribution in [-0.4, -0.2) is 28.9 Å². The summed E-state index contributed by atoms with van der Waals surface area (Å²) in [5.41, 5.74) is 8.55. The highest BCUT2D eigenvalue weighted by molar-refractivity contribution is 5.93. The molecule has 6 heteroatoms. The minimum atomic E-state index is -0.0126. The fourth-order valence-electron chi connectivity index (χ4n) is 4.60. The molecule has 1 saturated heterocycles. The zero-order valence-corrected chi connectivity index (χ0v) is 18.2. The maximum Gasteiger partial charge on any atom is 0.321 e. The molecule has 2 aromatic carbocycles. The number of nitrogens with one attached hydrogen (secondary N) is 2. The number of anilines is 1. The Morgan fingerprint density at radius 3 is 2.65 bits per heavy atom. The summed E-state index contributed by atoms with van der Waals surface area (Å²) in [4.78, 5) is 13.6. The maximum atomic E-state index is 11.8. The predicted octanol–water partition coefficient (Wildman–Crippen LogP) is 4.19. The molecule has 2 amide bonds. The van der Waals surface area contributed by atoms with Crippen molar-refractivity contribution in [2.45, 2.75) is 45.7 Å². The van der Waals surface area contributed by atoms with Gasteiger partial charge in [-0.3, -0.25) is 4.90 Å². The molecule has 6 nitrogen and oxygen atoms in total. The first-order valence-corrected chi connectivity index (χ1v) is 11.1. The van der Waals surface area contributed by atoms with E-state index >= 15 is 0 Å². The van der Waals surface area contributed by atoms with Gasteiger partial charge in [-0.25, -0.2) is 9.48 Å². The van der Waals surface area contributed by atoms with Crippen LogP contribution in [-0.2, 0) is 13.0 Å². The van der Waals surface area contributed by atoms with Gasteiger partial charge >= 0.3 is 6.03 Å². The SMILES string of the molecule is Cc1ccc(-n2ncc3c2CCCC3NCc2ccc(N3CCNC3=O)cc2)cc1C. The predicted molar refractivity (Wildman–Crippen MR) is 123 cm³/mol. The standard InChI is InChI=1S/C25H29N5O/c1-17-6-9-21(14-18(17)2)30-24-5-3-4-23(22(24)16-28-30)27-15-19-7-10-20(11-8-19)29-13-12-26-25(29)31/h6-11,14,16,23,27H,3-5,12-13,15H2,1-2H3,(H,26,31). The highest BCUT2D eigenvalue weighted by Crippen LogP contribution is 2.31. The second-order valence-corrected chi connectivity index (χ2v) is 8.60. The molecule has 1 aliphatic carbocycles. The number of hydrogen-bond donors (Lipinski definition) is 2. The van der Waals surface area contributed by atoms with Gasteiger partial charge in [0.2, 0.25) is 0 Å². The third-order valence-corrected chi connectivity index (χ3v) is 6.58. The molecular weight excluding hydrogens is 386 g/mol. The molecule has 5 rings (SSSR count). The van der Waals surface area contributed by atoms with E-state index in [0.717, 1.165) is 43.7 Å². The van der Waals surface area contributed by atoms with Crippen LogP contribution in [0.3, 0.4) is 0 Å². The summed E-state index contributed by atoms with van der Waals surface area (Å²) >= 11 is 0. The summed E-state index contributed by atoms with van der Waals surface area (Å²) in [6, 6.07) is 15.1. The third-order valence-electron chi connectivity index (χ3n) is 6.58. The average molecular weight is 416 g/mol. The summed E-state index contributed by atoms with van der Waals surface area (Å²) in [5, 5.41) is 11.3. The molecule has 0 spiro atoms. The van der Waals surface area contributed by atoms with Gasteiger partial charge in [0.25, 0.3) is 0 Å². The highest BCUT2D eigenvalue weighted by Gasteiger charge is 2.25. The van der Waals surface area contributed by atoms with Crippen molar-refractivity contribution >= 4 is 11.7 Å².